The number of carbonyl (C=O) groups excluding carboxylic acids is 1. The second-order valence-corrected chi connectivity index (χ2v) is 6.67. The molecule has 0 unspecified atom stereocenters. The minimum Gasteiger partial charge on any atom is -0.497 e. The first-order chi connectivity index (χ1) is 12.1. The Bertz CT molecular complexity index is 888. The highest BCUT2D eigenvalue weighted by Gasteiger charge is 2.12. The fourth-order valence-electron chi connectivity index (χ4n) is 2.43. The molecule has 25 heavy (non-hydrogen) atoms. The van der Waals surface area contributed by atoms with Crippen molar-refractivity contribution in [2.24, 2.45) is 0 Å². The van der Waals surface area contributed by atoms with Gasteiger partial charge in [-0.2, -0.15) is 0 Å². The van der Waals surface area contributed by atoms with Gasteiger partial charge in [0.05, 0.1) is 12.9 Å². The first kappa shape index (κ1) is 17.2. The summed E-state index contributed by atoms with van der Waals surface area (Å²) in [5, 5.41) is 7.65. The van der Waals surface area contributed by atoms with Crippen LogP contribution >= 0.6 is 11.8 Å². The molecular formula is C19H19N3O2S. The van der Waals surface area contributed by atoms with E-state index in [0.717, 1.165) is 28.0 Å². The average molecular weight is 353 g/mol. The molecule has 0 aliphatic rings. The maximum atomic E-state index is 12.4. The van der Waals surface area contributed by atoms with E-state index in [1.165, 1.54) is 11.8 Å². The minimum atomic E-state index is 0.0852. The number of ketones is 1. The Kier molecular flexibility index (Phi) is 5.19. The summed E-state index contributed by atoms with van der Waals surface area (Å²) in [6.45, 7) is 3.94. The van der Waals surface area contributed by atoms with Crippen LogP contribution in [0.15, 0.2) is 47.6 Å². The number of ether oxygens (including phenoxy) is 1. The molecule has 2 aromatic carbocycles. The molecule has 0 saturated heterocycles. The number of aromatic amines is 1. The number of benzene rings is 2. The first-order valence-electron chi connectivity index (χ1n) is 7.87. The number of Topliss-reactive ketones (excluding diaryl/α,β-unsaturated/α-hetero) is 1. The van der Waals surface area contributed by atoms with E-state index in [9.17, 15) is 4.79 Å². The third kappa shape index (κ3) is 4.09. The van der Waals surface area contributed by atoms with Gasteiger partial charge in [-0.15, -0.1) is 5.10 Å². The Morgan fingerprint density at radius 2 is 1.92 bits per heavy atom. The number of thioether (sulfide) groups is 1. The summed E-state index contributed by atoms with van der Waals surface area (Å²) in [6, 6.07) is 13.5. The summed E-state index contributed by atoms with van der Waals surface area (Å²) < 4.78 is 5.15. The molecule has 0 amide bonds. The molecular weight excluding hydrogens is 334 g/mol. The zero-order chi connectivity index (χ0) is 17.8. The summed E-state index contributed by atoms with van der Waals surface area (Å²) >= 11 is 1.33. The lowest BCUT2D eigenvalue weighted by Crippen LogP contribution is -2.05. The van der Waals surface area contributed by atoms with E-state index in [4.69, 9.17) is 4.74 Å². The molecule has 0 bridgehead atoms. The molecule has 0 spiro atoms. The number of H-pyrrole nitrogens is 1. The number of hydrogen-bond donors (Lipinski definition) is 1. The fourth-order valence-corrected chi connectivity index (χ4v) is 3.11. The van der Waals surface area contributed by atoms with Crippen molar-refractivity contribution in [3.8, 4) is 17.1 Å². The molecule has 0 radical (unpaired) electrons. The number of hydrogen-bond acceptors (Lipinski definition) is 5. The van der Waals surface area contributed by atoms with Gasteiger partial charge in [0.15, 0.2) is 11.6 Å². The fraction of sp³-hybridized carbons (Fsp3) is 0.211. The minimum absolute atomic E-state index is 0.0852. The van der Waals surface area contributed by atoms with Crippen molar-refractivity contribution in [1.29, 1.82) is 0 Å². The van der Waals surface area contributed by atoms with Gasteiger partial charge in [-0.3, -0.25) is 9.89 Å². The Labute approximate surface area is 150 Å². The van der Waals surface area contributed by atoms with Gasteiger partial charge < -0.3 is 4.74 Å². The molecule has 0 aliphatic heterocycles. The average Bonchev–Trinajstić information content (AvgIpc) is 3.11. The summed E-state index contributed by atoms with van der Waals surface area (Å²) in [4.78, 5) is 16.9. The predicted molar refractivity (Wildman–Crippen MR) is 99.3 cm³/mol. The van der Waals surface area contributed by atoms with Gasteiger partial charge in [-0.05, 0) is 49.7 Å². The van der Waals surface area contributed by atoms with Crippen molar-refractivity contribution in [2.75, 3.05) is 12.9 Å². The van der Waals surface area contributed by atoms with Gasteiger partial charge >= 0.3 is 0 Å². The lowest BCUT2D eigenvalue weighted by Gasteiger charge is -2.05. The molecule has 3 rings (SSSR count). The smallest absolute Gasteiger partial charge is 0.209 e. The predicted octanol–water partition coefficient (Wildman–Crippen LogP) is 4.07. The zero-order valence-corrected chi connectivity index (χ0v) is 15.2. The Morgan fingerprint density at radius 1 is 1.16 bits per heavy atom. The van der Waals surface area contributed by atoms with Gasteiger partial charge in [-0.1, -0.05) is 29.5 Å². The second-order valence-electron chi connectivity index (χ2n) is 5.73. The van der Waals surface area contributed by atoms with Crippen LogP contribution in [0.3, 0.4) is 0 Å². The highest BCUT2D eigenvalue weighted by atomic mass is 32.2. The van der Waals surface area contributed by atoms with Crippen LogP contribution in [0.5, 0.6) is 5.75 Å². The molecule has 128 valence electrons. The highest BCUT2D eigenvalue weighted by molar-refractivity contribution is 7.99. The topological polar surface area (TPSA) is 67.9 Å². The molecule has 0 saturated carbocycles. The summed E-state index contributed by atoms with van der Waals surface area (Å²) in [5.74, 6) is 1.85. The molecule has 1 heterocycles. The molecule has 1 aromatic heterocycles. The number of aromatic nitrogens is 3. The van der Waals surface area contributed by atoms with Crippen LogP contribution in [0.1, 0.15) is 21.5 Å². The van der Waals surface area contributed by atoms with E-state index in [1.54, 1.807) is 7.11 Å². The molecule has 6 heteroatoms. The van der Waals surface area contributed by atoms with Crippen LogP contribution in [0.4, 0.5) is 0 Å². The maximum absolute atomic E-state index is 12.4. The van der Waals surface area contributed by atoms with Gasteiger partial charge in [0.2, 0.25) is 5.16 Å². The SMILES string of the molecule is COc1ccc(-c2nc(SCC(=O)c3cc(C)ccc3C)n[nH]2)cc1. The van der Waals surface area contributed by atoms with E-state index in [2.05, 4.69) is 15.2 Å². The molecule has 0 atom stereocenters. The van der Waals surface area contributed by atoms with E-state index in [-0.39, 0.29) is 5.78 Å². The summed E-state index contributed by atoms with van der Waals surface area (Å²) in [5.41, 5.74) is 3.75. The summed E-state index contributed by atoms with van der Waals surface area (Å²) in [6.07, 6.45) is 0. The second kappa shape index (κ2) is 7.53. The quantitative estimate of drug-likeness (QED) is 0.534. The normalized spacial score (nSPS) is 10.7. The van der Waals surface area contributed by atoms with Crippen LogP contribution in [-0.4, -0.2) is 33.8 Å². The number of methoxy groups -OCH3 is 1. The van der Waals surface area contributed by atoms with E-state index in [0.29, 0.717) is 16.7 Å². The number of nitrogens with one attached hydrogen (secondary N) is 1. The third-order valence-corrected chi connectivity index (χ3v) is 4.70. The maximum Gasteiger partial charge on any atom is 0.209 e. The first-order valence-corrected chi connectivity index (χ1v) is 8.85. The van der Waals surface area contributed by atoms with Crippen molar-refractivity contribution >= 4 is 17.5 Å². The molecule has 0 aliphatic carbocycles. The van der Waals surface area contributed by atoms with Crippen LogP contribution in [0, 0.1) is 13.8 Å². The van der Waals surface area contributed by atoms with Gasteiger partial charge in [0, 0.05) is 11.1 Å². The van der Waals surface area contributed by atoms with Crippen LogP contribution in [0.25, 0.3) is 11.4 Å². The van der Waals surface area contributed by atoms with E-state index in [1.807, 2.05) is 56.3 Å². The Hall–Kier alpha value is -2.60. The van der Waals surface area contributed by atoms with Crippen molar-refractivity contribution < 1.29 is 9.53 Å². The molecule has 1 N–H and O–H groups in total. The van der Waals surface area contributed by atoms with Crippen LogP contribution < -0.4 is 4.74 Å². The van der Waals surface area contributed by atoms with Crippen molar-refractivity contribution in [3.63, 3.8) is 0 Å². The number of rotatable bonds is 6. The Morgan fingerprint density at radius 3 is 2.64 bits per heavy atom. The third-order valence-electron chi connectivity index (χ3n) is 3.85. The van der Waals surface area contributed by atoms with Crippen molar-refractivity contribution in [2.45, 2.75) is 19.0 Å². The lowest BCUT2D eigenvalue weighted by molar-refractivity contribution is 0.102. The number of carbonyl (C=O) groups is 1. The Balaban J connectivity index is 1.67. The molecule has 0 fully saturated rings. The van der Waals surface area contributed by atoms with Crippen molar-refractivity contribution in [1.82, 2.24) is 15.2 Å². The zero-order valence-electron chi connectivity index (χ0n) is 14.4. The standard InChI is InChI=1S/C19H19N3O2S/c1-12-4-5-13(2)16(10-12)17(23)11-25-19-20-18(21-22-19)14-6-8-15(24-3)9-7-14/h4-10H,11H2,1-3H3,(H,20,21,22). The van der Waals surface area contributed by atoms with Gasteiger partial charge in [0.1, 0.15) is 5.75 Å². The number of aryl methyl sites for hydroxylation is 2. The highest BCUT2D eigenvalue weighted by Crippen LogP contribution is 2.22. The van der Waals surface area contributed by atoms with Gasteiger partial charge in [-0.25, -0.2) is 4.98 Å². The summed E-state index contributed by atoms with van der Waals surface area (Å²) in [7, 11) is 1.63. The van der Waals surface area contributed by atoms with Crippen molar-refractivity contribution in [3.05, 3.63) is 59.2 Å². The van der Waals surface area contributed by atoms with Crippen LogP contribution in [0.2, 0.25) is 0 Å². The number of nitrogens with zero attached hydrogens (tertiary/aromatic N) is 2. The molecule has 5 nitrogen and oxygen atoms in total. The van der Waals surface area contributed by atoms with E-state index >= 15 is 0 Å². The largest absolute Gasteiger partial charge is 0.497 e. The lowest BCUT2D eigenvalue weighted by atomic mass is 10.0. The molecule has 3 aromatic rings. The van der Waals surface area contributed by atoms with Crippen LogP contribution in [-0.2, 0) is 0 Å². The monoisotopic (exact) mass is 353 g/mol. The van der Waals surface area contributed by atoms with Gasteiger partial charge in [0.25, 0.3) is 0 Å². The van der Waals surface area contributed by atoms with E-state index < -0.39 is 0 Å².